The number of hydrogen-bond donors (Lipinski definition) is 0. The van der Waals surface area contributed by atoms with Gasteiger partial charge in [0.25, 0.3) is 0 Å². The third-order valence-electron chi connectivity index (χ3n) is 6.63. The molecule has 0 spiro atoms. The van der Waals surface area contributed by atoms with Gasteiger partial charge in [0.05, 0.1) is 17.7 Å². The average Bonchev–Trinajstić information content (AvgIpc) is 3.60. The zero-order chi connectivity index (χ0) is 23.4. The molecule has 1 aromatic heterocycles. The maximum absolute atomic E-state index is 9.64. The van der Waals surface area contributed by atoms with Crippen molar-refractivity contribution in [1.29, 1.82) is 5.26 Å². The van der Waals surface area contributed by atoms with Crippen molar-refractivity contribution in [2.75, 3.05) is 16.8 Å². The quantitative estimate of drug-likeness (QED) is 0.207. The molecule has 0 aliphatic heterocycles. The first-order valence-electron chi connectivity index (χ1n) is 11.9. The molecule has 1 aliphatic rings. The van der Waals surface area contributed by atoms with Crippen LogP contribution < -0.4 is 4.90 Å². The van der Waals surface area contributed by atoms with E-state index < -0.39 is 0 Å². The van der Waals surface area contributed by atoms with Crippen molar-refractivity contribution in [3.05, 3.63) is 65.0 Å². The van der Waals surface area contributed by atoms with Crippen LogP contribution in [0.4, 0.5) is 11.4 Å². The predicted molar refractivity (Wildman–Crippen MR) is 138 cm³/mol. The Kier molecular flexibility index (Phi) is 7.55. The number of anilines is 2. The lowest BCUT2D eigenvalue weighted by molar-refractivity contribution is 0.393. The van der Waals surface area contributed by atoms with E-state index in [0.29, 0.717) is 5.92 Å². The summed E-state index contributed by atoms with van der Waals surface area (Å²) in [5.74, 6) is 1.41. The number of aromatic nitrogens is 1. The van der Waals surface area contributed by atoms with Gasteiger partial charge in [0, 0.05) is 28.8 Å². The molecule has 172 valence electrons. The molecule has 1 heterocycles. The molecule has 1 atom stereocenters. The maximum Gasteiger partial charge on any atom is 0.141 e. The van der Waals surface area contributed by atoms with E-state index in [1.165, 1.54) is 42.6 Å². The Morgan fingerprint density at radius 3 is 2.45 bits per heavy atom. The SMILES string of the molecule is Cc1ccc(-c2c(C)noc2C)cc1N(CCCCCBr)c1ccc(C(C#N)C2CC2)cc1. The van der Waals surface area contributed by atoms with Crippen LogP contribution in [0.15, 0.2) is 47.0 Å². The van der Waals surface area contributed by atoms with Crippen LogP contribution in [0.25, 0.3) is 11.1 Å². The van der Waals surface area contributed by atoms with Crippen LogP contribution in [0.5, 0.6) is 0 Å². The molecule has 1 fully saturated rings. The predicted octanol–water partition coefficient (Wildman–Crippen LogP) is 7.99. The van der Waals surface area contributed by atoms with Crippen molar-refractivity contribution in [3.63, 3.8) is 0 Å². The first-order chi connectivity index (χ1) is 16.0. The van der Waals surface area contributed by atoms with Crippen LogP contribution in [0.1, 0.15) is 60.6 Å². The minimum atomic E-state index is 0.0241. The molecule has 3 aromatic rings. The molecule has 0 N–H and O–H groups in total. The van der Waals surface area contributed by atoms with E-state index in [4.69, 9.17) is 4.52 Å². The average molecular weight is 506 g/mol. The van der Waals surface area contributed by atoms with Crippen molar-refractivity contribution < 1.29 is 4.52 Å². The standard InChI is InChI=1S/C28H32BrN3O/c1-19-7-8-24(28-20(2)31-33-21(28)3)17-27(19)32(16-6-4-5-15-29)25-13-11-23(12-14-25)26(18-30)22-9-10-22/h7-8,11-14,17,22,26H,4-6,9-10,15-16H2,1-3H3. The molecule has 0 bridgehead atoms. The van der Waals surface area contributed by atoms with Crippen molar-refractivity contribution in [2.45, 2.75) is 58.8 Å². The highest BCUT2D eigenvalue weighted by atomic mass is 79.9. The van der Waals surface area contributed by atoms with Crippen LogP contribution in [0.3, 0.4) is 0 Å². The Labute approximate surface area is 205 Å². The molecule has 4 rings (SSSR count). The highest BCUT2D eigenvalue weighted by molar-refractivity contribution is 9.09. The first-order valence-corrected chi connectivity index (χ1v) is 13.0. The molecule has 1 aliphatic carbocycles. The number of alkyl halides is 1. The lowest BCUT2D eigenvalue weighted by Crippen LogP contribution is -2.19. The molecule has 2 aromatic carbocycles. The van der Waals surface area contributed by atoms with Gasteiger partial charge in [-0.25, -0.2) is 0 Å². The zero-order valence-electron chi connectivity index (χ0n) is 19.8. The van der Waals surface area contributed by atoms with E-state index >= 15 is 0 Å². The highest BCUT2D eigenvalue weighted by Crippen LogP contribution is 2.43. The third kappa shape index (κ3) is 5.33. The van der Waals surface area contributed by atoms with Crippen LogP contribution in [0, 0.1) is 38.0 Å². The van der Waals surface area contributed by atoms with E-state index in [1.807, 2.05) is 13.8 Å². The van der Waals surface area contributed by atoms with Gasteiger partial charge in [0.2, 0.25) is 0 Å². The van der Waals surface area contributed by atoms with E-state index in [9.17, 15) is 5.26 Å². The summed E-state index contributed by atoms with van der Waals surface area (Å²) in [7, 11) is 0. The van der Waals surface area contributed by atoms with Gasteiger partial charge in [-0.2, -0.15) is 5.26 Å². The van der Waals surface area contributed by atoms with Gasteiger partial charge in [-0.3, -0.25) is 0 Å². The molecule has 1 unspecified atom stereocenters. The molecule has 1 saturated carbocycles. The number of aryl methyl sites for hydroxylation is 3. The van der Waals surface area contributed by atoms with E-state index in [2.05, 4.69) is 81.4 Å². The van der Waals surface area contributed by atoms with Crippen LogP contribution in [0.2, 0.25) is 0 Å². The fourth-order valence-electron chi connectivity index (χ4n) is 4.62. The Balaban J connectivity index is 1.68. The Morgan fingerprint density at radius 1 is 1.09 bits per heavy atom. The van der Waals surface area contributed by atoms with E-state index in [-0.39, 0.29) is 5.92 Å². The second kappa shape index (κ2) is 10.6. The monoisotopic (exact) mass is 505 g/mol. The molecule has 4 nitrogen and oxygen atoms in total. The Bertz CT molecular complexity index is 1110. The second-order valence-electron chi connectivity index (χ2n) is 9.14. The number of halogens is 1. The summed E-state index contributed by atoms with van der Waals surface area (Å²) in [5, 5.41) is 14.8. The summed E-state index contributed by atoms with van der Waals surface area (Å²) in [5.41, 5.74) is 7.88. The molecule has 0 amide bonds. The van der Waals surface area contributed by atoms with Gasteiger partial charge < -0.3 is 9.42 Å². The smallest absolute Gasteiger partial charge is 0.141 e. The minimum Gasteiger partial charge on any atom is -0.361 e. The van der Waals surface area contributed by atoms with Gasteiger partial charge in [-0.05, 0) is 87.3 Å². The Morgan fingerprint density at radius 2 is 1.85 bits per heavy atom. The van der Waals surface area contributed by atoms with Gasteiger partial charge in [0.1, 0.15) is 5.76 Å². The first kappa shape index (κ1) is 23.6. The lowest BCUT2D eigenvalue weighted by atomic mass is 9.95. The van der Waals surface area contributed by atoms with Gasteiger partial charge in [0.15, 0.2) is 0 Å². The summed E-state index contributed by atoms with van der Waals surface area (Å²) in [4.78, 5) is 2.42. The lowest BCUT2D eigenvalue weighted by Gasteiger charge is -2.28. The zero-order valence-corrected chi connectivity index (χ0v) is 21.4. The molecule has 5 heteroatoms. The number of rotatable bonds is 10. The van der Waals surface area contributed by atoms with E-state index in [0.717, 1.165) is 46.4 Å². The van der Waals surface area contributed by atoms with Crippen molar-refractivity contribution >= 4 is 27.3 Å². The van der Waals surface area contributed by atoms with Gasteiger partial charge >= 0.3 is 0 Å². The Hall–Kier alpha value is -2.58. The maximum atomic E-state index is 9.64. The summed E-state index contributed by atoms with van der Waals surface area (Å²) in [6.45, 7) is 7.08. The number of hydrogen-bond acceptors (Lipinski definition) is 4. The summed E-state index contributed by atoms with van der Waals surface area (Å²) < 4.78 is 5.43. The minimum absolute atomic E-state index is 0.0241. The van der Waals surface area contributed by atoms with Gasteiger partial charge in [-0.1, -0.05) is 51.8 Å². The number of unbranched alkanes of at least 4 members (excludes halogenated alkanes) is 2. The summed E-state index contributed by atoms with van der Waals surface area (Å²) in [6, 6.07) is 17.8. The number of nitrogens with zero attached hydrogens (tertiary/aromatic N) is 3. The summed E-state index contributed by atoms with van der Waals surface area (Å²) >= 11 is 3.55. The molecular weight excluding hydrogens is 474 g/mol. The molecule has 0 saturated heterocycles. The summed E-state index contributed by atoms with van der Waals surface area (Å²) in [6.07, 6.45) is 5.82. The fraction of sp³-hybridized carbons (Fsp3) is 0.429. The van der Waals surface area contributed by atoms with Crippen LogP contribution in [-0.4, -0.2) is 17.0 Å². The second-order valence-corrected chi connectivity index (χ2v) is 9.93. The normalized spacial score (nSPS) is 14.2. The van der Waals surface area contributed by atoms with Crippen LogP contribution >= 0.6 is 15.9 Å². The largest absolute Gasteiger partial charge is 0.361 e. The van der Waals surface area contributed by atoms with Crippen molar-refractivity contribution in [3.8, 4) is 17.2 Å². The molecular formula is C28H32BrN3O. The third-order valence-corrected chi connectivity index (χ3v) is 7.19. The topological polar surface area (TPSA) is 53.1 Å². The number of nitriles is 1. The van der Waals surface area contributed by atoms with Gasteiger partial charge in [-0.15, -0.1) is 0 Å². The molecule has 0 radical (unpaired) electrons. The number of benzene rings is 2. The highest BCUT2D eigenvalue weighted by Gasteiger charge is 2.32. The fourth-order valence-corrected chi connectivity index (χ4v) is 5.02. The van der Waals surface area contributed by atoms with E-state index in [1.54, 1.807) is 0 Å². The van der Waals surface area contributed by atoms with Crippen molar-refractivity contribution in [2.24, 2.45) is 5.92 Å². The van der Waals surface area contributed by atoms with Crippen molar-refractivity contribution in [1.82, 2.24) is 5.16 Å². The van der Waals surface area contributed by atoms with Crippen LogP contribution in [-0.2, 0) is 0 Å². The molecule has 33 heavy (non-hydrogen) atoms.